The number of hydrogen-bond acceptors (Lipinski definition) is 3. The average molecular weight is 358 g/mol. The first-order valence-corrected chi connectivity index (χ1v) is 8.07. The Bertz CT molecular complexity index is 1070. The van der Waals surface area contributed by atoms with Gasteiger partial charge in [-0.05, 0) is 36.2 Å². The maximum absolute atomic E-state index is 12.2. The molecule has 0 saturated heterocycles. The maximum atomic E-state index is 12.2. The summed E-state index contributed by atoms with van der Waals surface area (Å²) in [6, 6.07) is 12.2. The van der Waals surface area contributed by atoms with Crippen LogP contribution >= 0.6 is 11.6 Å². The zero-order valence-corrected chi connectivity index (χ0v) is 14.3. The van der Waals surface area contributed by atoms with Gasteiger partial charge in [0, 0.05) is 11.6 Å². The summed E-state index contributed by atoms with van der Waals surface area (Å²) < 4.78 is 1.25. The van der Waals surface area contributed by atoms with Gasteiger partial charge in [-0.2, -0.15) is 0 Å². The number of rotatable bonds is 4. The Morgan fingerprint density at radius 2 is 1.96 bits per heavy atom. The maximum Gasteiger partial charge on any atom is 0.329 e. The van der Waals surface area contributed by atoms with Gasteiger partial charge in [-0.1, -0.05) is 35.9 Å². The number of carbonyl (C=O) groups is 1. The van der Waals surface area contributed by atoms with Crippen molar-refractivity contribution < 1.29 is 4.79 Å². The molecule has 0 atom stereocenters. The van der Waals surface area contributed by atoms with Crippen LogP contribution in [0.5, 0.6) is 0 Å². The second-order valence-electron chi connectivity index (χ2n) is 5.72. The minimum absolute atomic E-state index is 0.178. The van der Waals surface area contributed by atoms with Gasteiger partial charge in [0.25, 0.3) is 5.56 Å². The van der Waals surface area contributed by atoms with Gasteiger partial charge in [0.1, 0.15) is 6.54 Å². The number of nitrogens with one attached hydrogen (secondary N) is 2. The Morgan fingerprint density at radius 1 is 1.20 bits per heavy atom. The van der Waals surface area contributed by atoms with Crippen molar-refractivity contribution in [3.05, 3.63) is 79.5 Å². The van der Waals surface area contributed by atoms with Crippen molar-refractivity contribution in [1.29, 1.82) is 0 Å². The minimum atomic E-state index is -0.610. The predicted molar refractivity (Wildman–Crippen MR) is 96.9 cm³/mol. The van der Waals surface area contributed by atoms with E-state index >= 15 is 0 Å². The van der Waals surface area contributed by atoms with Crippen molar-refractivity contribution in [2.75, 3.05) is 0 Å². The third-order valence-corrected chi connectivity index (χ3v) is 4.34. The molecule has 0 fully saturated rings. The Hall–Kier alpha value is -2.86. The van der Waals surface area contributed by atoms with Crippen LogP contribution in [0, 0.1) is 6.92 Å². The zero-order valence-electron chi connectivity index (χ0n) is 13.5. The number of hydrogen-bond donors (Lipinski definition) is 2. The zero-order chi connectivity index (χ0) is 18.0. The van der Waals surface area contributed by atoms with Crippen LogP contribution in [-0.2, 0) is 17.9 Å². The minimum Gasteiger partial charge on any atom is -0.350 e. The highest BCUT2D eigenvalue weighted by molar-refractivity contribution is 6.31. The molecule has 2 aromatic carbocycles. The molecule has 1 amide bonds. The molecule has 128 valence electrons. The fourth-order valence-electron chi connectivity index (χ4n) is 2.62. The molecule has 1 aromatic heterocycles. The van der Waals surface area contributed by atoms with Gasteiger partial charge in [-0.3, -0.25) is 19.1 Å². The molecule has 0 unspecified atom stereocenters. The predicted octanol–water partition coefficient (Wildman–Crippen LogP) is 1.97. The van der Waals surface area contributed by atoms with Crippen LogP contribution in [0.1, 0.15) is 11.1 Å². The summed E-state index contributed by atoms with van der Waals surface area (Å²) in [5.74, 6) is -0.327. The number of aryl methyl sites for hydroxylation is 1. The summed E-state index contributed by atoms with van der Waals surface area (Å²) in [4.78, 5) is 38.3. The molecule has 0 radical (unpaired) electrons. The van der Waals surface area contributed by atoms with E-state index in [4.69, 9.17) is 11.6 Å². The van der Waals surface area contributed by atoms with E-state index in [1.54, 1.807) is 30.3 Å². The van der Waals surface area contributed by atoms with E-state index in [0.717, 1.165) is 11.1 Å². The number of carbonyl (C=O) groups excluding carboxylic acids is 1. The average Bonchev–Trinajstić information content (AvgIpc) is 2.59. The lowest BCUT2D eigenvalue weighted by molar-refractivity contribution is -0.121. The number of halogens is 1. The summed E-state index contributed by atoms with van der Waals surface area (Å²) in [6.07, 6.45) is 0. The second kappa shape index (κ2) is 6.94. The van der Waals surface area contributed by atoms with Gasteiger partial charge in [-0.15, -0.1) is 0 Å². The third kappa shape index (κ3) is 3.64. The van der Waals surface area contributed by atoms with Crippen molar-refractivity contribution in [2.45, 2.75) is 20.0 Å². The number of H-pyrrole nitrogens is 1. The van der Waals surface area contributed by atoms with Crippen LogP contribution in [0.15, 0.2) is 52.1 Å². The first kappa shape index (κ1) is 17.0. The quantitative estimate of drug-likeness (QED) is 0.748. The fraction of sp³-hybridized carbons (Fsp3) is 0.167. The van der Waals surface area contributed by atoms with Crippen LogP contribution in [0.25, 0.3) is 10.9 Å². The number of fused-ring (bicyclic) bond motifs is 1. The number of amides is 1. The Morgan fingerprint density at radius 3 is 2.72 bits per heavy atom. The Balaban J connectivity index is 1.79. The van der Waals surface area contributed by atoms with E-state index < -0.39 is 11.2 Å². The van der Waals surface area contributed by atoms with Crippen LogP contribution in [0.2, 0.25) is 5.02 Å². The molecule has 0 spiro atoms. The monoisotopic (exact) mass is 357 g/mol. The van der Waals surface area contributed by atoms with Crippen molar-refractivity contribution in [3.8, 4) is 0 Å². The molecule has 3 rings (SSSR count). The van der Waals surface area contributed by atoms with Crippen molar-refractivity contribution in [3.63, 3.8) is 0 Å². The molecular weight excluding hydrogens is 342 g/mol. The highest BCUT2D eigenvalue weighted by Gasteiger charge is 2.10. The van der Waals surface area contributed by atoms with E-state index in [1.807, 2.05) is 19.1 Å². The van der Waals surface area contributed by atoms with Gasteiger partial charge in [0.05, 0.1) is 10.9 Å². The van der Waals surface area contributed by atoms with Crippen molar-refractivity contribution in [1.82, 2.24) is 14.9 Å². The summed E-state index contributed by atoms with van der Waals surface area (Å²) in [7, 11) is 0. The van der Waals surface area contributed by atoms with Gasteiger partial charge in [-0.25, -0.2) is 4.79 Å². The normalized spacial score (nSPS) is 10.8. The smallest absolute Gasteiger partial charge is 0.329 e. The van der Waals surface area contributed by atoms with E-state index in [-0.39, 0.29) is 12.5 Å². The highest BCUT2D eigenvalue weighted by atomic mass is 35.5. The Labute approximate surface area is 148 Å². The molecule has 6 nitrogen and oxygen atoms in total. The lowest BCUT2D eigenvalue weighted by atomic mass is 10.1. The molecule has 0 bridgehead atoms. The molecule has 25 heavy (non-hydrogen) atoms. The molecular formula is C18H16ClN3O3. The van der Waals surface area contributed by atoms with Crippen LogP contribution in [-0.4, -0.2) is 15.5 Å². The highest BCUT2D eigenvalue weighted by Crippen LogP contribution is 2.16. The first-order chi connectivity index (χ1) is 12.0. The summed E-state index contributed by atoms with van der Waals surface area (Å²) >= 11 is 5.98. The molecule has 0 aliphatic rings. The van der Waals surface area contributed by atoms with Crippen LogP contribution < -0.4 is 16.6 Å². The summed E-state index contributed by atoms with van der Waals surface area (Å²) in [6.45, 7) is 2.04. The summed E-state index contributed by atoms with van der Waals surface area (Å²) in [5, 5.41) is 3.80. The summed E-state index contributed by atoms with van der Waals surface area (Å²) in [5.41, 5.74) is 1.19. The van der Waals surface area contributed by atoms with Crippen molar-refractivity contribution >= 4 is 28.4 Å². The van der Waals surface area contributed by atoms with Gasteiger partial charge < -0.3 is 5.32 Å². The second-order valence-corrected chi connectivity index (χ2v) is 6.13. The van der Waals surface area contributed by atoms with Crippen LogP contribution in [0.3, 0.4) is 0 Å². The van der Waals surface area contributed by atoms with Gasteiger partial charge in [0.15, 0.2) is 0 Å². The van der Waals surface area contributed by atoms with Crippen LogP contribution in [0.4, 0.5) is 0 Å². The lowest BCUT2D eigenvalue weighted by Crippen LogP contribution is -2.36. The topological polar surface area (TPSA) is 84.0 Å². The SMILES string of the molecule is Cc1cc(CNC(=O)Cn2c(=O)[nH]c(=O)c3ccccc32)ccc1Cl. The molecule has 7 heteroatoms. The molecule has 0 saturated carbocycles. The molecule has 3 aromatic rings. The number of para-hydroxylation sites is 1. The molecule has 1 heterocycles. The largest absolute Gasteiger partial charge is 0.350 e. The van der Waals surface area contributed by atoms with E-state index in [2.05, 4.69) is 10.3 Å². The van der Waals surface area contributed by atoms with E-state index in [0.29, 0.717) is 22.5 Å². The lowest BCUT2D eigenvalue weighted by Gasteiger charge is -2.10. The molecule has 0 aliphatic heterocycles. The number of aromatic amines is 1. The van der Waals surface area contributed by atoms with Crippen molar-refractivity contribution in [2.24, 2.45) is 0 Å². The van der Waals surface area contributed by atoms with Gasteiger partial charge in [0.2, 0.25) is 5.91 Å². The fourth-order valence-corrected chi connectivity index (χ4v) is 2.73. The number of aromatic nitrogens is 2. The number of nitrogens with zero attached hydrogens (tertiary/aromatic N) is 1. The van der Waals surface area contributed by atoms with E-state index in [1.165, 1.54) is 4.57 Å². The molecule has 0 aliphatic carbocycles. The standard InChI is InChI=1S/C18H16ClN3O3/c1-11-8-12(6-7-14(11)19)9-20-16(23)10-22-15-5-3-2-4-13(15)17(24)21-18(22)25/h2-8H,9-10H2,1H3,(H,20,23)(H,21,24,25). The van der Waals surface area contributed by atoms with Gasteiger partial charge >= 0.3 is 5.69 Å². The first-order valence-electron chi connectivity index (χ1n) is 7.69. The number of benzene rings is 2. The molecule has 2 N–H and O–H groups in total. The third-order valence-electron chi connectivity index (χ3n) is 3.92. The van der Waals surface area contributed by atoms with E-state index in [9.17, 15) is 14.4 Å². The Kier molecular flexibility index (Phi) is 4.72.